The molecule has 1 fully saturated rings. The Morgan fingerprint density at radius 1 is 1.41 bits per heavy atom. The van der Waals surface area contributed by atoms with E-state index in [-0.39, 0.29) is 30.5 Å². The second kappa shape index (κ2) is 5.49. The molecule has 5 nitrogen and oxygen atoms in total. The number of ether oxygens (including phenoxy) is 1. The smallest absolute Gasteiger partial charge is 0.305 e. The second-order valence-electron chi connectivity index (χ2n) is 5.31. The number of carbonyl (C=O) groups excluding carboxylic acids is 1. The molecule has 1 amide bonds. The fraction of sp³-hybridized carbons (Fsp3) is 0.833. The summed E-state index contributed by atoms with van der Waals surface area (Å²) in [5, 5.41) is 8.71. The van der Waals surface area contributed by atoms with Gasteiger partial charge in [0.15, 0.2) is 0 Å². The van der Waals surface area contributed by atoms with Crippen molar-refractivity contribution in [3.63, 3.8) is 0 Å². The molecule has 0 spiro atoms. The highest BCUT2D eigenvalue weighted by molar-refractivity contribution is 5.82. The molecule has 0 saturated carbocycles. The van der Waals surface area contributed by atoms with Gasteiger partial charge in [-0.3, -0.25) is 9.59 Å². The Bertz CT molecular complexity index is 289. The van der Waals surface area contributed by atoms with Crippen molar-refractivity contribution in [1.82, 2.24) is 4.90 Å². The molecule has 0 radical (unpaired) electrons. The van der Waals surface area contributed by atoms with E-state index in [4.69, 9.17) is 9.84 Å². The van der Waals surface area contributed by atoms with Gasteiger partial charge in [0.05, 0.1) is 6.42 Å². The highest BCUT2D eigenvalue weighted by Crippen LogP contribution is 2.21. The van der Waals surface area contributed by atoms with Crippen LogP contribution in [0.1, 0.15) is 40.0 Å². The highest BCUT2D eigenvalue weighted by atomic mass is 16.5. The first-order valence-electron chi connectivity index (χ1n) is 5.97. The molecule has 0 aromatic carbocycles. The summed E-state index contributed by atoms with van der Waals surface area (Å²) in [6.07, 6.45) is 1.21. The van der Waals surface area contributed by atoms with Gasteiger partial charge in [-0.1, -0.05) is 0 Å². The Hall–Kier alpha value is -1.10. The van der Waals surface area contributed by atoms with Crippen LogP contribution in [0.4, 0.5) is 0 Å². The molecule has 1 heterocycles. The van der Waals surface area contributed by atoms with E-state index in [1.54, 1.807) is 4.90 Å². The van der Waals surface area contributed by atoms with Crippen molar-refractivity contribution in [2.45, 2.75) is 51.7 Å². The zero-order valence-electron chi connectivity index (χ0n) is 10.7. The van der Waals surface area contributed by atoms with E-state index in [9.17, 15) is 9.59 Å². The number of hydrogen-bond donors (Lipinski definition) is 1. The fourth-order valence-corrected chi connectivity index (χ4v) is 1.93. The van der Waals surface area contributed by atoms with Crippen LogP contribution in [-0.4, -0.2) is 46.7 Å². The Labute approximate surface area is 102 Å². The van der Waals surface area contributed by atoms with Gasteiger partial charge in [0.25, 0.3) is 5.91 Å². The molecule has 1 N–H and O–H groups in total. The van der Waals surface area contributed by atoms with Crippen LogP contribution >= 0.6 is 0 Å². The zero-order valence-corrected chi connectivity index (χ0v) is 10.7. The normalized spacial score (nSPS) is 20.3. The Morgan fingerprint density at radius 2 is 2.06 bits per heavy atom. The lowest BCUT2D eigenvalue weighted by molar-refractivity contribution is -0.147. The van der Waals surface area contributed by atoms with Gasteiger partial charge in [-0.15, -0.1) is 0 Å². The van der Waals surface area contributed by atoms with Crippen LogP contribution in [0.2, 0.25) is 0 Å². The third kappa shape index (κ3) is 4.00. The van der Waals surface area contributed by atoms with Gasteiger partial charge in [-0.05, 0) is 33.6 Å². The van der Waals surface area contributed by atoms with Crippen molar-refractivity contribution in [3.05, 3.63) is 0 Å². The molecule has 0 bridgehead atoms. The van der Waals surface area contributed by atoms with E-state index < -0.39 is 5.97 Å². The summed E-state index contributed by atoms with van der Waals surface area (Å²) in [4.78, 5) is 24.4. The minimum absolute atomic E-state index is 0.0320. The van der Waals surface area contributed by atoms with Crippen LogP contribution in [-0.2, 0) is 14.3 Å². The molecular weight excluding hydrogens is 222 g/mol. The maximum atomic E-state index is 12.2. The monoisotopic (exact) mass is 243 g/mol. The van der Waals surface area contributed by atoms with Crippen molar-refractivity contribution in [2.75, 3.05) is 13.2 Å². The number of aliphatic carboxylic acids is 1. The van der Waals surface area contributed by atoms with Crippen molar-refractivity contribution in [1.29, 1.82) is 0 Å². The molecular formula is C12H21NO4. The summed E-state index contributed by atoms with van der Waals surface area (Å²) in [6, 6.07) is 0. The SMILES string of the molecule is CC(C)(C)N(CCC(=O)O)C(=O)C1CCCO1. The van der Waals surface area contributed by atoms with E-state index in [1.807, 2.05) is 20.8 Å². The number of hydrogen-bond acceptors (Lipinski definition) is 3. The summed E-state index contributed by atoms with van der Waals surface area (Å²) in [6.45, 7) is 6.57. The lowest BCUT2D eigenvalue weighted by atomic mass is 10.0. The van der Waals surface area contributed by atoms with Gasteiger partial charge in [0.2, 0.25) is 0 Å². The lowest BCUT2D eigenvalue weighted by Crippen LogP contribution is -2.50. The summed E-state index contributed by atoms with van der Waals surface area (Å²) in [5.74, 6) is -0.976. The molecule has 5 heteroatoms. The highest BCUT2D eigenvalue weighted by Gasteiger charge is 2.34. The maximum Gasteiger partial charge on any atom is 0.305 e. The Balaban J connectivity index is 2.68. The molecule has 1 rings (SSSR count). The molecule has 1 atom stereocenters. The van der Waals surface area contributed by atoms with E-state index in [0.29, 0.717) is 6.61 Å². The summed E-state index contributed by atoms with van der Waals surface area (Å²) < 4.78 is 5.36. The van der Waals surface area contributed by atoms with Gasteiger partial charge >= 0.3 is 5.97 Å². The molecule has 1 unspecified atom stereocenters. The number of carboxylic acids is 1. The van der Waals surface area contributed by atoms with Crippen LogP contribution < -0.4 is 0 Å². The number of carbonyl (C=O) groups is 2. The Morgan fingerprint density at radius 3 is 2.47 bits per heavy atom. The number of carboxylic acid groups (broad SMARTS) is 1. The van der Waals surface area contributed by atoms with Crippen LogP contribution in [0, 0.1) is 0 Å². The van der Waals surface area contributed by atoms with E-state index in [2.05, 4.69) is 0 Å². The van der Waals surface area contributed by atoms with Gasteiger partial charge in [-0.25, -0.2) is 0 Å². The summed E-state index contributed by atoms with van der Waals surface area (Å²) in [5.41, 5.74) is -0.377. The number of amides is 1. The minimum Gasteiger partial charge on any atom is -0.481 e. The van der Waals surface area contributed by atoms with Crippen LogP contribution in [0.15, 0.2) is 0 Å². The molecule has 0 aliphatic carbocycles. The Kier molecular flexibility index (Phi) is 4.51. The summed E-state index contributed by atoms with van der Waals surface area (Å²) >= 11 is 0. The molecule has 0 aromatic rings. The van der Waals surface area contributed by atoms with E-state index >= 15 is 0 Å². The first-order chi connectivity index (χ1) is 7.82. The van der Waals surface area contributed by atoms with Crippen molar-refractivity contribution < 1.29 is 19.4 Å². The van der Waals surface area contributed by atoms with Crippen molar-refractivity contribution in [2.24, 2.45) is 0 Å². The first kappa shape index (κ1) is 14.0. The zero-order chi connectivity index (χ0) is 13.1. The molecule has 1 aliphatic heterocycles. The minimum atomic E-state index is -0.889. The van der Waals surface area contributed by atoms with Crippen LogP contribution in [0.5, 0.6) is 0 Å². The predicted octanol–water partition coefficient (Wildman–Crippen LogP) is 1.27. The maximum absolute atomic E-state index is 12.2. The lowest BCUT2D eigenvalue weighted by Gasteiger charge is -2.36. The average Bonchev–Trinajstić information content (AvgIpc) is 2.67. The molecule has 0 aromatic heterocycles. The quantitative estimate of drug-likeness (QED) is 0.807. The second-order valence-corrected chi connectivity index (χ2v) is 5.31. The third-order valence-corrected chi connectivity index (χ3v) is 2.83. The first-order valence-corrected chi connectivity index (χ1v) is 5.97. The standard InChI is InChI=1S/C12H21NO4/c1-12(2,3)13(7-6-10(14)15)11(16)9-5-4-8-17-9/h9H,4-8H2,1-3H3,(H,14,15). The van der Waals surface area contributed by atoms with Crippen LogP contribution in [0.25, 0.3) is 0 Å². The molecule has 1 aliphatic rings. The largest absolute Gasteiger partial charge is 0.481 e. The molecule has 98 valence electrons. The van der Waals surface area contributed by atoms with Gasteiger partial charge in [0, 0.05) is 18.7 Å². The van der Waals surface area contributed by atoms with Gasteiger partial charge in [0.1, 0.15) is 6.10 Å². The van der Waals surface area contributed by atoms with E-state index in [0.717, 1.165) is 12.8 Å². The molecule has 17 heavy (non-hydrogen) atoms. The average molecular weight is 243 g/mol. The van der Waals surface area contributed by atoms with Crippen LogP contribution in [0.3, 0.4) is 0 Å². The molecule has 1 saturated heterocycles. The topological polar surface area (TPSA) is 66.8 Å². The fourth-order valence-electron chi connectivity index (χ4n) is 1.93. The van der Waals surface area contributed by atoms with Gasteiger partial charge in [-0.2, -0.15) is 0 Å². The number of nitrogens with zero attached hydrogens (tertiary/aromatic N) is 1. The summed E-state index contributed by atoms with van der Waals surface area (Å²) in [7, 11) is 0. The predicted molar refractivity (Wildman–Crippen MR) is 62.7 cm³/mol. The van der Waals surface area contributed by atoms with Crippen molar-refractivity contribution in [3.8, 4) is 0 Å². The number of rotatable bonds is 4. The third-order valence-electron chi connectivity index (χ3n) is 2.83. The van der Waals surface area contributed by atoms with Gasteiger partial charge < -0.3 is 14.7 Å². The van der Waals surface area contributed by atoms with E-state index in [1.165, 1.54) is 0 Å². The van der Waals surface area contributed by atoms with Crippen molar-refractivity contribution >= 4 is 11.9 Å².